The number of hydrogen-bond acceptors (Lipinski definition) is 7. The van der Waals surface area contributed by atoms with Gasteiger partial charge in [-0.2, -0.15) is 9.97 Å². The van der Waals surface area contributed by atoms with Crippen molar-refractivity contribution in [1.82, 2.24) is 15.0 Å². The fraction of sp³-hybridized carbons (Fsp3) is 0.667. The maximum Gasteiger partial charge on any atom is 0.324 e. The Balaban J connectivity index is 2.12. The summed E-state index contributed by atoms with van der Waals surface area (Å²) in [5, 5.41) is 0. The molecule has 7 heteroatoms. The molecule has 7 nitrogen and oxygen atoms in total. The summed E-state index contributed by atoms with van der Waals surface area (Å²) in [6.07, 6.45) is 4.65. The largest absolute Gasteiger partial charge is 0.467 e. The van der Waals surface area contributed by atoms with Crippen molar-refractivity contribution >= 4 is 5.95 Å². The van der Waals surface area contributed by atoms with Crippen molar-refractivity contribution in [2.75, 3.05) is 12.5 Å². The third-order valence-electron chi connectivity index (χ3n) is 2.48. The van der Waals surface area contributed by atoms with Gasteiger partial charge in [0.2, 0.25) is 5.95 Å². The first kappa shape index (κ1) is 10.9. The van der Waals surface area contributed by atoms with E-state index in [1.165, 1.54) is 20.0 Å². The molecular weight excluding hydrogens is 210 g/mol. The number of nitrogens with zero attached hydrogens (tertiary/aromatic N) is 3. The zero-order valence-corrected chi connectivity index (χ0v) is 9.14. The van der Waals surface area contributed by atoms with Crippen LogP contribution in [0, 0.1) is 0 Å². The topological polar surface area (TPSA) is 95.2 Å². The fourth-order valence-corrected chi connectivity index (χ4v) is 1.70. The lowest BCUT2D eigenvalue weighted by Crippen LogP contribution is -2.16. The van der Waals surface area contributed by atoms with Crippen LogP contribution >= 0.6 is 0 Å². The molecule has 0 atom stereocenters. The monoisotopic (exact) mass is 225 g/mol. The van der Waals surface area contributed by atoms with Gasteiger partial charge in [-0.1, -0.05) is 0 Å². The predicted molar refractivity (Wildman–Crippen MR) is 57.1 cm³/mol. The molecule has 0 aliphatic heterocycles. The Hall–Kier alpha value is -1.63. The van der Waals surface area contributed by atoms with Crippen molar-refractivity contribution in [2.24, 2.45) is 5.84 Å². The fourth-order valence-electron chi connectivity index (χ4n) is 1.70. The van der Waals surface area contributed by atoms with Crippen LogP contribution in [0.2, 0.25) is 0 Å². The summed E-state index contributed by atoms with van der Waals surface area (Å²) in [6.45, 7) is 0. The molecule has 3 N–H and O–H groups in total. The Morgan fingerprint density at radius 3 is 2.50 bits per heavy atom. The van der Waals surface area contributed by atoms with Gasteiger partial charge in [-0.15, -0.1) is 4.98 Å². The van der Waals surface area contributed by atoms with Crippen molar-refractivity contribution in [3.8, 4) is 12.0 Å². The molecule has 1 heterocycles. The van der Waals surface area contributed by atoms with E-state index in [1.807, 2.05) is 0 Å². The summed E-state index contributed by atoms with van der Waals surface area (Å²) in [5.74, 6) is 5.47. The Morgan fingerprint density at radius 1 is 1.19 bits per heavy atom. The molecule has 1 saturated carbocycles. The highest BCUT2D eigenvalue weighted by molar-refractivity contribution is 5.25. The van der Waals surface area contributed by atoms with E-state index < -0.39 is 0 Å². The molecule has 1 fully saturated rings. The lowest BCUT2D eigenvalue weighted by Gasteiger charge is -2.11. The van der Waals surface area contributed by atoms with Crippen molar-refractivity contribution < 1.29 is 9.47 Å². The first-order valence-corrected chi connectivity index (χ1v) is 5.25. The number of nitrogen functional groups attached to an aromatic ring is 1. The van der Waals surface area contributed by atoms with Gasteiger partial charge in [0, 0.05) is 0 Å². The van der Waals surface area contributed by atoms with E-state index in [1.54, 1.807) is 0 Å². The maximum absolute atomic E-state index is 5.62. The third-order valence-corrected chi connectivity index (χ3v) is 2.48. The van der Waals surface area contributed by atoms with Gasteiger partial charge < -0.3 is 9.47 Å². The van der Waals surface area contributed by atoms with Gasteiger partial charge in [0.25, 0.3) is 0 Å². The van der Waals surface area contributed by atoms with Crippen molar-refractivity contribution in [1.29, 1.82) is 0 Å². The zero-order valence-electron chi connectivity index (χ0n) is 9.14. The normalized spacial score (nSPS) is 16.1. The van der Waals surface area contributed by atoms with Crippen LogP contribution in [0.5, 0.6) is 12.0 Å². The van der Waals surface area contributed by atoms with E-state index in [2.05, 4.69) is 20.4 Å². The molecule has 88 valence electrons. The van der Waals surface area contributed by atoms with Crippen molar-refractivity contribution in [2.45, 2.75) is 31.8 Å². The molecule has 16 heavy (non-hydrogen) atoms. The minimum Gasteiger partial charge on any atom is -0.467 e. The number of hydrazine groups is 1. The number of methoxy groups -OCH3 is 1. The average molecular weight is 225 g/mol. The van der Waals surface area contributed by atoms with Crippen LogP contribution in [0.3, 0.4) is 0 Å². The van der Waals surface area contributed by atoms with E-state index in [9.17, 15) is 0 Å². The maximum atomic E-state index is 5.62. The number of rotatable bonds is 4. The highest BCUT2D eigenvalue weighted by atomic mass is 16.5. The summed E-state index contributed by atoms with van der Waals surface area (Å²) in [6, 6.07) is 0.447. The molecular formula is C9H15N5O2. The molecule has 1 aromatic heterocycles. The van der Waals surface area contributed by atoms with E-state index in [-0.39, 0.29) is 24.1 Å². The van der Waals surface area contributed by atoms with E-state index in [0.717, 1.165) is 12.8 Å². The number of ether oxygens (including phenoxy) is 2. The Morgan fingerprint density at radius 2 is 1.88 bits per heavy atom. The first-order valence-electron chi connectivity index (χ1n) is 5.25. The van der Waals surface area contributed by atoms with Crippen LogP contribution in [0.15, 0.2) is 0 Å². The number of nitrogens with two attached hydrogens (primary N) is 1. The molecule has 1 aliphatic rings. The van der Waals surface area contributed by atoms with E-state index in [4.69, 9.17) is 15.3 Å². The number of nitrogens with one attached hydrogen (secondary N) is 1. The second-order valence-corrected chi connectivity index (χ2v) is 3.60. The molecule has 1 aromatic rings. The van der Waals surface area contributed by atoms with Gasteiger partial charge >= 0.3 is 12.0 Å². The average Bonchev–Trinajstić information content (AvgIpc) is 2.81. The molecule has 0 bridgehead atoms. The molecule has 0 aromatic carbocycles. The van der Waals surface area contributed by atoms with Crippen LogP contribution in [0.1, 0.15) is 25.7 Å². The van der Waals surface area contributed by atoms with Crippen LogP contribution in [0.25, 0.3) is 0 Å². The zero-order chi connectivity index (χ0) is 11.4. The minimum atomic E-state index is 0.191. The van der Waals surface area contributed by atoms with Crippen LogP contribution in [-0.2, 0) is 0 Å². The van der Waals surface area contributed by atoms with Crippen LogP contribution in [0.4, 0.5) is 5.95 Å². The summed E-state index contributed by atoms with van der Waals surface area (Å²) in [5.41, 5.74) is 2.34. The number of aromatic nitrogens is 3. The second-order valence-electron chi connectivity index (χ2n) is 3.60. The van der Waals surface area contributed by atoms with Crippen molar-refractivity contribution in [3.63, 3.8) is 0 Å². The molecule has 0 spiro atoms. The standard InChI is InChI=1S/C9H15N5O2/c1-15-8-11-7(14-10)12-9(13-8)16-6-4-2-3-5-6/h6H,2-5,10H2,1H3,(H,11,12,13,14). The Labute approximate surface area is 93.4 Å². The lowest BCUT2D eigenvalue weighted by atomic mass is 10.3. The minimum absolute atomic E-state index is 0.191. The molecule has 1 aliphatic carbocycles. The quantitative estimate of drug-likeness (QED) is 0.568. The molecule has 0 unspecified atom stereocenters. The van der Waals surface area contributed by atoms with Crippen LogP contribution < -0.4 is 20.7 Å². The van der Waals surface area contributed by atoms with Gasteiger partial charge in [-0.3, -0.25) is 5.43 Å². The Kier molecular flexibility index (Phi) is 3.35. The highest BCUT2D eigenvalue weighted by Gasteiger charge is 2.18. The van der Waals surface area contributed by atoms with Gasteiger partial charge in [0.1, 0.15) is 6.10 Å². The van der Waals surface area contributed by atoms with E-state index in [0.29, 0.717) is 0 Å². The highest BCUT2D eigenvalue weighted by Crippen LogP contribution is 2.23. The first-order chi connectivity index (χ1) is 7.81. The van der Waals surface area contributed by atoms with Crippen molar-refractivity contribution in [3.05, 3.63) is 0 Å². The van der Waals surface area contributed by atoms with Crippen LogP contribution in [-0.4, -0.2) is 28.2 Å². The second kappa shape index (κ2) is 4.93. The van der Waals surface area contributed by atoms with Gasteiger partial charge in [0.15, 0.2) is 0 Å². The smallest absolute Gasteiger partial charge is 0.324 e. The van der Waals surface area contributed by atoms with Gasteiger partial charge in [0.05, 0.1) is 7.11 Å². The third kappa shape index (κ3) is 2.48. The molecule has 0 radical (unpaired) electrons. The summed E-state index contributed by atoms with van der Waals surface area (Å²) in [7, 11) is 1.48. The predicted octanol–water partition coefficient (Wildman–Crippen LogP) is 0.487. The summed E-state index contributed by atoms with van der Waals surface area (Å²) < 4.78 is 10.5. The number of hydrogen-bond donors (Lipinski definition) is 2. The lowest BCUT2D eigenvalue weighted by molar-refractivity contribution is 0.189. The summed E-state index contributed by atoms with van der Waals surface area (Å²) in [4.78, 5) is 11.9. The van der Waals surface area contributed by atoms with E-state index >= 15 is 0 Å². The van der Waals surface area contributed by atoms with Gasteiger partial charge in [-0.05, 0) is 25.7 Å². The molecule has 0 saturated heterocycles. The molecule has 0 amide bonds. The molecule has 2 rings (SSSR count). The summed E-state index contributed by atoms with van der Waals surface area (Å²) >= 11 is 0. The number of anilines is 1. The Bertz CT molecular complexity index is 332. The van der Waals surface area contributed by atoms with Gasteiger partial charge in [-0.25, -0.2) is 5.84 Å². The SMILES string of the molecule is COc1nc(NN)nc(OC2CCCC2)n1.